The van der Waals surface area contributed by atoms with Gasteiger partial charge in [0.2, 0.25) is 0 Å². The number of rotatable bonds is 9. The number of hydrogen-bond acceptors (Lipinski definition) is 3. The highest BCUT2D eigenvalue weighted by molar-refractivity contribution is 4.81. The molecule has 0 spiro atoms. The molecule has 0 saturated heterocycles. The summed E-state index contributed by atoms with van der Waals surface area (Å²) in [7, 11) is 0. The van der Waals surface area contributed by atoms with Crippen molar-refractivity contribution in [1.82, 2.24) is 5.32 Å². The number of likely N-dealkylation sites (N-methyl/N-ethyl adjacent to an activating group) is 1. The molecule has 2 N–H and O–H groups in total. The maximum Gasteiger partial charge on any atom is 0.0610 e. The van der Waals surface area contributed by atoms with E-state index in [9.17, 15) is 5.11 Å². The van der Waals surface area contributed by atoms with Crippen LogP contribution in [0, 0.1) is 0 Å². The first-order valence-electron chi connectivity index (χ1n) is 6.01. The lowest BCUT2D eigenvalue weighted by Crippen LogP contribution is -2.45. The first kappa shape index (κ1) is 14.9. The van der Waals surface area contributed by atoms with Crippen molar-refractivity contribution in [1.29, 1.82) is 0 Å². The van der Waals surface area contributed by atoms with E-state index in [1.54, 1.807) is 0 Å². The molecule has 0 aliphatic carbocycles. The third-order valence-corrected chi connectivity index (χ3v) is 2.53. The standard InChI is InChI=1S/C12H27NO2/c1-5-13-12(4,10-14)8-6-7-9-15-11(2)3/h11,13-14H,5-10H2,1-4H3. The Morgan fingerprint density at radius 2 is 2.00 bits per heavy atom. The molecule has 0 bridgehead atoms. The van der Waals surface area contributed by atoms with Gasteiger partial charge in [0.15, 0.2) is 0 Å². The molecule has 0 aliphatic rings. The van der Waals surface area contributed by atoms with Gasteiger partial charge in [0, 0.05) is 12.1 Å². The highest BCUT2D eigenvalue weighted by atomic mass is 16.5. The smallest absolute Gasteiger partial charge is 0.0610 e. The van der Waals surface area contributed by atoms with Gasteiger partial charge in [0.25, 0.3) is 0 Å². The van der Waals surface area contributed by atoms with Crippen molar-refractivity contribution in [2.45, 2.75) is 58.6 Å². The highest BCUT2D eigenvalue weighted by Gasteiger charge is 2.20. The molecule has 0 aromatic heterocycles. The molecular weight excluding hydrogens is 190 g/mol. The molecule has 92 valence electrons. The van der Waals surface area contributed by atoms with E-state index in [0.29, 0.717) is 6.10 Å². The van der Waals surface area contributed by atoms with Crippen LogP contribution in [-0.2, 0) is 4.74 Å². The van der Waals surface area contributed by atoms with E-state index < -0.39 is 0 Å². The number of hydrogen-bond donors (Lipinski definition) is 2. The topological polar surface area (TPSA) is 41.5 Å². The van der Waals surface area contributed by atoms with Crippen LogP contribution in [0.25, 0.3) is 0 Å². The van der Waals surface area contributed by atoms with E-state index in [-0.39, 0.29) is 12.1 Å². The highest BCUT2D eigenvalue weighted by Crippen LogP contribution is 2.13. The van der Waals surface area contributed by atoms with Gasteiger partial charge in [-0.1, -0.05) is 6.92 Å². The summed E-state index contributed by atoms with van der Waals surface area (Å²) in [6, 6.07) is 0. The summed E-state index contributed by atoms with van der Waals surface area (Å²) in [5.74, 6) is 0. The van der Waals surface area contributed by atoms with Crippen LogP contribution in [0.3, 0.4) is 0 Å². The molecule has 0 rings (SSSR count). The quantitative estimate of drug-likeness (QED) is 0.580. The average molecular weight is 217 g/mol. The van der Waals surface area contributed by atoms with Crippen LogP contribution in [0.5, 0.6) is 0 Å². The van der Waals surface area contributed by atoms with Gasteiger partial charge in [-0.25, -0.2) is 0 Å². The molecule has 0 aromatic rings. The maximum absolute atomic E-state index is 9.27. The maximum atomic E-state index is 9.27. The number of unbranched alkanes of at least 4 members (excludes halogenated alkanes) is 1. The zero-order valence-electron chi connectivity index (χ0n) is 10.7. The molecule has 0 aromatic carbocycles. The van der Waals surface area contributed by atoms with E-state index in [4.69, 9.17) is 4.74 Å². The molecule has 0 saturated carbocycles. The number of aliphatic hydroxyl groups excluding tert-OH is 1. The van der Waals surface area contributed by atoms with Gasteiger partial charge in [-0.15, -0.1) is 0 Å². The Hall–Kier alpha value is -0.120. The molecule has 0 radical (unpaired) electrons. The largest absolute Gasteiger partial charge is 0.394 e. The number of aliphatic hydroxyl groups is 1. The molecule has 3 nitrogen and oxygen atoms in total. The third kappa shape index (κ3) is 7.77. The van der Waals surface area contributed by atoms with Gasteiger partial charge in [0.05, 0.1) is 12.7 Å². The van der Waals surface area contributed by atoms with E-state index in [0.717, 1.165) is 32.4 Å². The van der Waals surface area contributed by atoms with Crippen molar-refractivity contribution in [3.05, 3.63) is 0 Å². The SMILES string of the molecule is CCNC(C)(CO)CCCCOC(C)C. The second-order valence-electron chi connectivity index (χ2n) is 4.63. The van der Waals surface area contributed by atoms with Gasteiger partial charge < -0.3 is 15.2 Å². The lowest BCUT2D eigenvalue weighted by Gasteiger charge is -2.28. The molecule has 15 heavy (non-hydrogen) atoms. The van der Waals surface area contributed by atoms with Crippen molar-refractivity contribution in [2.75, 3.05) is 19.8 Å². The van der Waals surface area contributed by atoms with Gasteiger partial charge in [0.1, 0.15) is 0 Å². The zero-order valence-corrected chi connectivity index (χ0v) is 10.7. The first-order valence-corrected chi connectivity index (χ1v) is 6.01. The van der Waals surface area contributed by atoms with Gasteiger partial charge >= 0.3 is 0 Å². The van der Waals surface area contributed by atoms with Crippen LogP contribution >= 0.6 is 0 Å². The van der Waals surface area contributed by atoms with E-state index in [2.05, 4.69) is 33.0 Å². The fourth-order valence-corrected chi connectivity index (χ4v) is 1.59. The van der Waals surface area contributed by atoms with Crippen molar-refractivity contribution in [2.24, 2.45) is 0 Å². The minimum Gasteiger partial charge on any atom is -0.394 e. The fraction of sp³-hybridized carbons (Fsp3) is 1.00. The van der Waals surface area contributed by atoms with E-state index >= 15 is 0 Å². The molecule has 0 aliphatic heterocycles. The Morgan fingerprint density at radius 3 is 2.47 bits per heavy atom. The predicted molar refractivity (Wildman–Crippen MR) is 64.1 cm³/mol. The Kier molecular flexibility index (Phi) is 8.02. The van der Waals surface area contributed by atoms with Gasteiger partial charge in [-0.2, -0.15) is 0 Å². The summed E-state index contributed by atoms with van der Waals surface area (Å²) in [6.07, 6.45) is 3.48. The Morgan fingerprint density at radius 1 is 1.33 bits per heavy atom. The summed E-state index contributed by atoms with van der Waals surface area (Å²) in [4.78, 5) is 0. The molecule has 0 heterocycles. The van der Waals surface area contributed by atoms with E-state index in [1.165, 1.54) is 0 Å². The second kappa shape index (κ2) is 8.08. The molecule has 0 fully saturated rings. The summed E-state index contributed by atoms with van der Waals surface area (Å²) >= 11 is 0. The van der Waals surface area contributed by atoms with Crippen molar-refractivity contribution < 1.29 is 9.84 Å². The lowest BCUT2D eigenvalue weighted by molar-refractivity contribution is 0.0730. The summed E-state index contributed by atoms with van der Waals surface area (Å²) in [5.41, 5.74) is -0.118. The fourth-order valence-electron chi connectivity index (χ4n) is 1.59. The normalized spacial score (nSPS) is 15.6. The van der Waals surface area contributed by atoms with E-state index in [1.807, 2.05) is 0 Å². The van der Waals surface area contributed by atoms with Crippen LogP contribution in [0.2, 0.25) is 0 Å². The van der Waals surface area contributed by atoms with Crippen LogP contribution < -0.4 is 5.32 Å². The Balaban J connectivity index is 3.54. The second-order valence-corrected chi connectivity index (χ2v) is 4.63. The van der Waals surface area contributed by atoms with Crippen molar-refractivity contribution >= 4 is 0 Å². The zero-order chi connectivity index (χ0) is 11.7. The number of ether oxygens (including phenoxy) is 1. The molecule has 1 atom stereocenters. The number of nitrogens with one attached hydrogen (secondary N) is 1. The van der Waals surface area contributed by atoms with Crippen LogP contribution in [0.4, 0.5) is 0 Å². The van der Waals surface area contributed by atoms with Crippen molar-refractivity contribution in [3.63, 3.8) is 0 Å². The van der Waals surface area contributed by atoms with Crippen LogP contribution in [0.15, 0.2) is 0 Å². The summed E-state index contributed by atoms with van der Waals surface area (Å²) in [5, 5.41) is 12.6. The minimum atomic E-state index is -0.118. The van der Waals surface area contributed by atoms with Crippen LogP contribution in [0.1, 0.15) is 47.0 Å². The Labute approximate surface area is 94.2 Å². The molecule has 1 unspecified atom stereocenters. The minimum absolute atomic E-state index is 0.118. The third-order valence-electron chi connectivity index (χ3n) is 2.53. The average Bonchev–Trinajstić information content (AvgIpc) is 2.17. The van der Waals surface area contributed by atoms with Gasteiger partial charge in [-0.3, -0.25) is 0 Å². The Bertz CT molecular complexity index is 151. The first-order chi connectivity index (χ1) is 7.04. The van der Waals surface area contributed by atoms with Crippen LogP contribution in [-0.4, -0.2) is 36.5 Å². The molecule has 3 heteroatoms. The molecule has 0 amide bonds. The summed E-state index contributed by atoms with van der Waals surface area (Å²) < 4.78 is 5.47. The predicted octanol–water partition coefficient (Wildman–Crippen LogP) is 1.94. The monoisotopic (exact) mass is 217 g/mol. The van der Waals surface area contributed by atoms with Crippen molar-refractivity contribution in [3.8, 4) is 0 Å². The lowest BCUT2D eigenvalue weighted by atomic mass is 9.96. The molecular formula is C12H27NO2. The summed E-state index contributed by atoms with van der Waals surface area (Å²) in [6.45, 7) is 10.2. The van der Waals surface area contributed by atoms with Gasteiger partial charge in [-0.05, 0) is 46.6 Å².